The summed E-state index contributed by atoms with van der Waals surface area (Å²) >= 11 is 3.54. The maximum absolute atomic E-state index is 11.3. The zero-order chi connectivity index (χ0) is 13.4. The molecule has 1 atom stereocenters. The van der Waals surface area contributed by atoms with E-state index in [1.54, 1.807) is 7.11 Å². The topological polar surface area (TPSA) is 69.9 Å². The van der Waals surface area contributed by atoms with Crippen LogP contribution in [-0.2, 0) is 4.74 Å². The lowest BCUT2D eigenvalue weighted by molar-refractivity contribution is 0.179. The van der Waals surface area contributed by atoms with Crippen LogP contribution in [0.15, 0.2) is 21.4 Å². The molecule has 0 bridgehead atoms. The molecule has 5 nitrogen and oxygen atoms in total. The van der Waals surface area contributed by atoms with Gasteiger partial charge in [0.1, 0.15) is 0 Å². The third-order valence-electron chi connectivity index (χ3n) is 3.48. The van der Waals surface area contributed by atoms with Crippen LogP contribution in [0.25, 0.3) is 11.0 Å². The highest BCUT2D eigenvalue weighted by atomic mass is 79.9. The van der Waals surface area contributed by atoms with E-state index < -0.39 is 0 Å². The van der Waals surface area contributed by atoms with Crippen molar-refractivity contribution in [3.8, 4) is 0 Å². The van der Waals surface area contributed by atoms with Gasteiger partial charge in [-0.15, -0.1) is 0 Å². The first kappa shape index (κ1) is 12.7. The summed E-state index contributed by atoms with van der Waals surface area (Å²) in [4.78, 5) is 16.8. The van der Waals surface area contributed by atoms with Gasteiger partial charge in [0.15, 0.2) is 0 Å². The molecule has 1 aliphatic carbocycles. The lowest BCUT2D eigenvalue weighted by Crippen LogP contribution is -2.27. The summed E-state index contributed by atoms with van der Waals surface area (Å²) < 4.78 is 6.21. The molecule has 0 aliphatic heterocycles. The molecular weight excluding hydrogens is 310 g/mol. The number of ether oxygens (including phenoxy) is 1. The molecule has 3 N–H and O–H groups in total. The van der Waals surface area contributed by atoms with Crippen molar-refractivity contribution in [1.29, 1.82) is 0 Å². The van der Waals surface area contributed by atoms with Crippen LogP contribution in [0.2, 0.25) is 0 Å². The van der Waals surface area contributed by atoms with Gasteiger partial charge >= 0.3 is 5.69 Å². The summed E-state index contributed by atoms with van der Waals surface area (Å²) in [5.74, 6) is 0.688. The van der Waals surface area contributed by atoms with Gasteiger partial charge < -0.3 is 20.0 Å². The summed E-state index contributed by atoms with van der Waals surface area (Å²) in [6.07, 6.45) is 2.50. The Hall–Kier alpha value is -1.27. The Labute approximate surface area is 118 Å². The molecule has 1 fully saturated rings. The van der Waals surface area contributed by atoms with Crippen molar-refractivity contribution in [1.82, 2.24) is 9.97 Å². The predicted molar refractivity (Wildman–Crippen MR) is 78.6 cm³/mol. The normalized spacial score (nSPS) is 16.7. The Balaban J connectivity index is 1.90. The van der Waals surface area contributed by atoms with Crippen LogP contribution in [0.3, 0.4) is 0 Å². The molecule has 2 aromatic rings. The van der Waals surface area contributed by atoms with E-state index in [0.29, 0.717) is 18.6 Å². The molecule has 0 spiro atoms. The van der Waals surface area contributed by atoms with E-state index in [0.717, 1.165) is 21.2 Å². The van der Waals surface area contributed by atoms with Crippen molar-refractivity contribution >= 4 is 32.7 Å². The molecule has 3 rings (SSSR count). The largest absolute Gasteiger partial charge is 0.383 e. The maximum atomic E-state index is 11.3. The van der Waals surface area contributed by atoms with Crippen LogP contribution >= 0.6 is 15.9 Å². The molecule has 19 heavy (non-hydrogen) atoms. The van der Waals surface area contributed by atoms with Crippen molar-refractivity contribution in [2.45, 2.75) is 18.9 Å². The van der Waals surface area contributed by atoms with Crippen molar-refractivity contribution in [2.75, 3.05) is 19.0 Å². The number of hydrogen-bond acceptors (Lipinski definition) is 3. The second kappa shape index (κ2) is 5.02. The van der Waals surface area contributed by atoms with Crippen molar-refractivity contribution in [3.63, 3.8) is 0 Å². The van der Waals surface area contributed by atoms with E-state index >= 15 is 0 Å². The second-order valence-electron chi connectivity index (χ2n) is 5.00. The first-order chi connectivity index (χ1) is 9.17. The van der Waals surface area contributed by atoms with Gasteiger partial charge in [0.05, 0.1) is 29.4 Å². The fourth-order valence-corrected chi connectivity index (χ4v) is 2.80. The lowest BCUT2D eigenvalue weighted by atomic mass is 10.2. The van der Waals surface area contributed by atoms with Crippen LogP contribution in [-0.4, -0.2) is 29.7 Å². The van der Waals surface area contributed by atoms with Gasteiger partial charge in [-0.25, -0.2) is 4.79 Å². The van der Waals surface area contributed by atoms with E-state index in [1.807, 2.05) is 12.1 Å². The van der Waals surface area contributed by atoms with Crippen molar-refractivity contribution in [2.24, 2.45) is 5.92 Å². The average molecular weight is 326 g/mol. The fraction of sp³-hybridized carbons (Fsp3) is 0.462. The third-order valence-corrected chi connectivity index (χ3v) is 4.14. The lowest BCUT2D eigenvalue weighted by Gasteiger charge is -2.19. The number of imidazole rings is 1. The number of halogens is 1. The van der Waals surface area contributed by atoms with E-state index in [-0.39, 0.29) is 5.69 Å². The number of benzene rings is 1. The molecule has 1 saturated carbocycles. The highest BCUT2D eigenvalue weighted by Crippen LogP contribution is 2.36. The monoisotopic (exact) mass is 325 g/mol. The Morgan fingerprint density at radius 1 is 1.42 bits per heavy atom. The molecule has 1 aromatic heterocycles. The molecule has 1 aliphatic rings. The summed E-state index contributed by atoms with van der Waals surface area (Å²) in [6, 6.07) is 4.18. The first-order valence-electron chi connectivity index (χ1n) is 6.34. The quantitative estimate of drug-likeness (QED) is 0.790. The number of fused-ring (bicyclic) bond motifs is 1. The third kappa shape index (κ3) is 2.69. The average Bonchev–Trinajstić information content (AvgIpc) is 3.13. The smallest absolute Gasteiger partial charge is 0.323 e. The minimum atomic E-state index is -0.185. The van der Waals surface area contributed by atoms with Gasteiger partial charge in [-0.05, 0) is 46.8 Å². The second-order valence-corrected chi connectivity index (χ2v) is 5.85. The Bertz CT molecular complexity index is 645. The zero-order valence-corrected chi connectivity index (χ0v) is 12.2. The van der Waals surface area contributed by atoms with Gasteiger partial charge in [-0.2, -0.15) is 0 Å². The minimum absolute atomic E-state index is 0.185. The van der Waals surface area contributed by atoms with Crippen LogP contribution in [0.4, 0.5) is 5.69 Å². The standard InChI is InChI=1S/C13H16BrN3O2/c1-19-6-12(7-2-3-7)15-9-5-11-10(4-8(9)14)16-13(18)17-11/h4-5,7,12,15H,2-3,6H2,1H3,(H2,16,17,18). The van der Waals surface area contributed by atoms with Crippen LogP contribution in [0.1, 0.15) is 12.8 Å². The number of aromatic nitrogens is 2. The fourth-order valence-electron chi connectivity index (χ4n) is 2.34. The summed E-state index contributed by atoms with van der Waals surface area (Å²) in [6.45, 7) is 0.693. The number of aromatic amines is 2. The Kier molecular flexibility index (Phi) is 3.36. The van der Waals surface area contributed by atoms with Gasteiger partial charge in [0.2, 0.25) is 0 Å². The van der Waals surface area contributed by atoms with Gasteiger partial charge in [0, 0.05) is 11.6 Å². The van der Waals surface area contributed by atoms with E-state index in [9.17, 15) is 4.79 Å². The zero-order valence-electron chi connectivity index (χ0n) is 10.6. The van der Waals surface area contributed by atoms with Crippen LogP contribution in [0.5, 0.6) is 0 Å². The van der Waals surface area contributed by atoms with Gasteiger partial charge in [-0.1, -0.05) is 0 Å². The molecule has 1 aromatic carbocycles. The molecule has 0 saturated heterocycles. The van der Waals surface area contributed by atoms with Crippen molar-refractivity contribution < 1.29 is 4.74 Å². The first-order valence-corrected chi connectivity index (χ1v) is 7.13. The summed E-state index contributed by atoms with van der Waals surface area (Å²) in [5, 5.41) is 3.50. The molecular formula is C13H16BrN3O2. The molecule has 6 heteroatoms. The Morgan fingerprint density at radius 2 is 2.11 bits per heavy atom. The van der Waals surface area contributed by atoms with E-state index in [4.69, 9.17) is 4.74 Å². The molecule has 0 radical (unpaired) electrons. The highest BCUT2D eigenvalue weighted by Gasteiger charge is 2.31. The number of H-pyrrole nitrogens is 2. The molecule has 1 heterocycles. The maximum Gasteiger partial charge on any atom is 0.323 e. The van der Waals surface area contributed by atoms with E-state index in [1.165, 1.54) is 12.8 Å². The van der Waals surface area contributed by atoms with Crippen LogP contribution in [0, 0.1) is 5.92 Å². The number of methoxy groups -OCH3 is 1. The SMILES string of the molecule is COCC(Nc1cc2[nH]c(=O)[nH]c2cc1Br)C1CC1. The highest BCUT2D eigenvalue weighted by molar-refractivity contribution is 9.10. The minimum Gasteiger partial charge on any atom is -0.383 e. The predicted octanol–water partition coefficient (Wildman–Crippen LogP) is 2.46. The molecule has 102 valence electrons. The molecule has 1 unspecified atom stereocenters. The number of anilines is 1. The van der Waals surface area contributed by atoms with Gasteiger partial charge in [-0.3, -0.25) is 0 Å². The van der Waals surface area contributed by atoms with Crippen LogP contribution < -0.4 is 11.0 Å². The number of rotatable bonds is 5. The number of nitrogens with one attached hydrogen (secondary N) is 3. The molecule has 0 amide bonds. The van der Waals surface area contributed by atoms with Crippen molar-refractivity contribution in [3.05, 3.63) is 27.1 Å². The van der Waals surface area contributed by atoms with Gasteiger partial charge in [0.25, 0.3) is 0 Å². The van der Waals surface area contributed by atoms with E-state index in [2.05, 4.69) is 31.2 Å². The summed E-state index contributed by atoms with van der Waals surface area (Å²) in [5.41, 5.74) is 2.41. The number of hydrogen-bond donors (Lipinski definition) is 3. The summed E-state index contributed by atoms with van der Waals surface area (Å²) in [7, 11) is 1.72. The Morgan fingerprint density at radius 3 is 2.74 bits per heavy atom.